The van der Waals surface area contributed by atoms with E-state index in [2.05, 4.69) is 26.6 Å². The molecule has 0 bridgehead atoms. The second-order valence-corrected chi connectivity index (χ2v) is 12.5. The van der Waals surface area contributed by atoms with E-state index in [1.54, 1.807) is 24.3 Å². The van der Waals surface area contributed by atoms with Crippen molar-refractivity contribution in [3.63, 3.8) is 0 Å². The highest BCUT2D eigenvalue weighted by Gasteiger charge is 2.43. The van der Waals surface area contributed by atoms with E-state index in [9.17, 15) is 14.4 Å². The van der Waals surface area contributed by atoms with Crippen LogP contribution in [0.1, 0.15) is 99.4 Å². The van der Waals surface area contributed by atoms with Crippen LogP contribution >= 0.6 is 27.5 Å². The lowest BCUT2D eigenvalue weighted by molar-refractivity contribution is -0.137. The summed E-state index contributed by atoms with van der Waals surface area (Å²) >= 11 is 9.61. The summed E-state index contributed by atoms with van der Waals surface area (Å²) in [5.74, 6) is -2.82. The van der Waals surface area contributed by atoms with Gasteiger partial charge in [0, 0.05) is 39.0 Å². The Morgan fingerprint density at radius 2 is 1.28 bits per heavy atom. The van der Waals surface area contributed by atoms with Crippen molar-refractivity contribution in [2.45, 2.75) is 95.6 Å². The smallest absolute Gasteiger partial charge is 0.233 e. The molecule has 39 heavy (non-hydrogen) atoms. The van der Waals surface area contributed by atoms with Gasteiger partial charge in [-0.3, -0.25) is 14.4 Å². The molecular formula is C32H40BrClN2O3. The van der Waals surface area contributed by atoms with Gasteiger partial charge in [-0.15, -0.1) is 0 Å². The Kier molecular flexibility index (Phi) is 11.0. The van der Waals surface area contributed by atoms with Crippen LogP contribution in [0.5, 0.6) is 0 Å². The number of nitrogens with one attached hydrogen (secondary N) is 2. The molecule has 0 unspecified atom stereocenters. The minimum Gasteiger partial charge on any atom is -0.353 e. The fourth-order valence-electron chi connectivity index (χ4n) is 6.29. The highest BCUT2D eigenvalue weighted by atomic mass is 79.9. The summed E-state index contributed by atoms with van der Waals surface area (Å²) < 4.78 is 0.900. The first-order valence-electron chi connectivity index (χ1n) is 14.5. The topological polar surface area (TPSA) is 75.3 Å². The normalized spacial score (nSPS) is 18.4. The quantitative estimate of drug-likeness (QED) is 0.213. The summed E-state index contributed by atoms with van der Waals surface area (Å²) in [5.41, 5.74) is 1.35. The first-order chi connectivity index (χ1) is 18.9. The Labute approximate surface area is 246 Å². The van der Waals surface area contributed by atoms with Gasteiger partial charge in [0.2, 0.25) is 11.8 Å². The molecule has 0 aliphatic heterocycles. The van der Waals surface area contributed by atoms with Crippen LogP contribution in [0.25, 0.3) is 0 Å². The molecule has 2 atom stereocenters. The summed E-state index contributed by atoms with van der Waals surface area (Å²) in [5, 5.41) is 7.01. The predicted molar refractivity (Wildman–Crippen MR) is 160 cm³/mol. The predicted octanol–water partition coefficient (Wildman–Crippen LogP) is 7.61. The number of halogens is 2. The summed E-state index contributed by atoms with van der Waals surface area (Å²) in [6.45, 7) is 1.96. The van der Waals surface area contributed by atoms with Gasteiger partial charge in [-0.25, -0.2) is 0 Å². The number of carbonyl (C=O) groups is 3. The number of hydrogen-bond acceptors (Lipinski definition) is 3. The van der Waals surface area contributed by atoms with E-state index in [1.165, 1.54) is 12.8 Å². The van der Waals surface area contributed by atoms with Gasteiger partial charge in [-0.05, 0) is 74.1 Å². The Balaban J connectivity index is 1.74. The van der Waals surface area contributed by atoms with E-state index >= 15 is 0 Å². The third kappa shape index (κ3) is 7.94. The first-order valence-corrected chi connectivity index (χ1v) is 15.7. The van der Waals surface area contributed by atoms with Crippen molar-refractivity contribution in [1.29, 1.82) is 0 Å². The summed E-state index contributed by atoms with van der Waals surface area (Å²) in [7, 11) is 0. The van der Waals surface area contributed by atoms with E-state index in [0.717, 1.165) is 61.4 Å². The van der Waals surface area contributed by atoms with E-state index in [-0.39, 0.29) is 29.7 Å². The molecule has 2 aliphatic rings. The van der Waals surface area contributed by atoms with Crippen LogP contribution in [0, 0.1) is 11.8 Å². The SMILES string of the molecule is CC[C@@H](C(=O)c1ccc(Cl)cc1)[C@@H](c1ccc(Br)cc1)C(C(=O)NC1CCCCC1)C(=O)NC1CCCCC1. The Hall–Kier alpha value is -2.18. The zero-order valence-corrected chi connectivity index (χ0v) is 25.1. The van der Waals surface area contributed by atoms with Crippen molar-refractivity contribution in [2.75, 3.05) is 0 Å². The van der Waals surface area contributed by atoms with E-state index in [4.69, 9.17) is 11.6 Å². The lowest BCUT2D eigenvalue weighted by Gasteiger charge is -2.34. The average molecular weight is 616 g/mol. The average Bonchev–Trinajstić information content (AvgIpc) is 2.94. The van der Waals surface area contributed by atoms with E-state index in [0.29, 0.717) is 17.0 Å². The van der Waals surface area contributed by atoms with Crippen molar-refractivity contribution in [3.05, 3.63) is 69.2 Å². The zero-order chi connectivity index (χ0) is 27.8. The largest absolute Gasteiger partial charge is 0.353 e. The molecule has 2 amide bonds. The fraction of sp³-hybridized carbons (Fsp3) is 0.531. The van der Waals surface area contributed by atoms with Gasteiger partial charge >= 0.3 is 0 Å². The lowest BCUT2D eigenvalue weighted by Crippen LogP contribution is -2.51. The molecule has 4 rings (SSSR count). The van der Waals surface area contributed by atoms with E-state index in [1.807, 2.05) is 31.2 Å². The van der Waals surface area contributed by atoms with Gasteiger partial charge in [0.25, 0.3) is 0 Å². The number of amides is 2. The highest BCUT2D eigenvalue weighted by molar-refractivity contribution is 9.10. The van der Waals surface area contributed by atoms with Crippen molar-refractivity contribution >= 4 is 45.1 Å². The standard InChI is InChI=1S/C32H40BrClN2O3/c1-2-27(30(37)22-15-19-24(34)20-16-22)28(21-13-17-23(33)18-14-21)29(31(38)35-25-9-5-3-6-10-25)32(39)36-26-11-7-4-8-12-26/h13-20,25-29H,2-12H2,1H3,(H,35,38)(H,36,39)/t27-,28-/m1/s1. The second kappa shape index (κ2) is 14.5. The molecule has 2 aromatic carbocycles. The number of carbonyl (C=O) groups excluding carboxylic acids is 3. The zero-order valence-electron chi connectivity index (χ0n) is 22.8. The van der Waals surface area contributed by atoms with Gasteiger partial charge in [0.15, 0.2) is 5.78 Å². The molecule has 0 heterocycles. The molecule has 5 nitrogen and oxygen atoms in total. The molecule has 0 aromatic heterocycles. The second-order valence-electron chi connectivity index (χ2n) is 11.1. The van der Waals surface area contributed by atoms with Crippen LogP contribution < -0.4 is 10.6 Å². The van der Waals surface area contributed by atoms with Crippen molar-refractivity contribution in [3.8, 4) is 0 Å². The first kappa shape index (κ1) is 29.8. The number of ketones is 1. The summed E-state index contributed by atoms with van der Waals surface area (Å²) in [4.78, 5) is 42.2. The molecule has 0 saturated heterocycles. The summed E-state index contributed by atoms with van der Waals surface area (Å²) in [6.07, 6.45) is 10.8. The van der Waals surface area contributed by atoms with Crippen LogP contribution in [-0.4, -0.2) is 29.7 Å². The van der Waals surface area contributed by atoms with Gasteiger partial charge in [0.1, 0.15) is 5.92 Å². The molecular weight excluding hydrogens is 576 g/mol. The monoisotopic (exact) mass is 614 g/mol. The molecule has 0 spiro atoms. The maximum Gasteiger partial charge on any atom is 0.233 e. The van der Waals surface area contributed by atoms with Gasteiger partial charge < -0.3 is 10.6 Å². The van der Waals surface area contributed by atoms with Gasteiger partial charge in [0.05, 0.1) is 0 Å². The number of benzene rings is 2. The third-order valence-corrected chi connectivity index (χ3v) is 9.20. The van der Waals surface area contributed by atoms with Crippen molar-refractivity contribution < 1.29 is 14.4 Å². The number of Topliss-reactive ketones (excluding diaryl/α,β-unsaturated/α-hetero) is 1. The molecule has 210 valence electrons. The Morgan fingerprint density at radius 1 is 0.795 bits per heavy atom. The molecule has 2 aromatic rings. The lowest BCUT2D eigenvalue weighted by atomic mass is 9.71. The third-order valence-electron chi connectivity index (χ3n) is 8.42. The molecule has 0 radical (unpaired) electrons. The van der Waals surface area contributed by atoms with E-state index < -0.39 is 17.8 Å². The van der Waals surface area contributed by atoms with Crippen molar-refractivity contribution in [1.82, 2.24) is 10.6 Å². The minimum absolute atomic E-state index is 0.0637. The molecule has 2 fully saturated rings. The van der Waals surface area contributed by atoms with Crippen molar-refractivity contribution in [2.24, 2.45) is 11.8 Å². The maximum atomic E-state index is 14.1. The molecule has 7 heteroatoms. The van der Waals surface area contributed by atoms with Gasteiger partial charge in [-0.1, -0.05) is 85.1 Å². The molecule has 2 saturated carbocycles. The number of hydrogen-bond donors (Lipinski definition) is 2. The minimum atomic E-state index is -1.02. The van der Waals surface area contributed by atoms with Crippen LogP contribution in [0.3, 0.4) is 0 Å². The molecule has 2 N–H and O–H groups in total. The van der Waals surface area contributed by atoms with Crippen LogP contribution in [0.15, 0.2) is 53.0 Å². The Bertz CT molecular complexity index is 1080. The maximum absolute atomic E-state index is 14.1. The Morgan fingerprint density at radius 3 is 1.74 bits per heavy atom. The van der Waals surface area contributed by atoms with Gasteiger partial charge in [-0.2, -0.15) is 0 Å². The fourth-order valence-corrected chi connectivity index (χ4v) is 6.68. The van der Waals surface area contributed by atoms with Crippen LogP contribution in [0.4, 0.5) is 0 Å². The number of rotatable bonds is 10. The summed E-state index contributed by atoms with van der Waals surface area (Å²) in [6, 6.07) is 14.7. The van der Waals surface area contributed by atoms with Crippen LogP contribution in [-0.2, 0) is 9.59 Å². The van der Waals surface area contributed by atoms with Crippen LogP contribution in [0.2, 0.25) is 5.02 Å². The highest BCUT2D eigenvalue weighted by Crippen LogP contribution is 2.38. The molecule has 2 aliphatic carbocycles.